The van der Waals surface area contributed by atoms with E-state index in [4.69, 9.17) is 0 Å². The SMILES string of the molecule is Cc1ccc([C@@H](C)NCc2ccc3c(c2)CCN3C)cc1. The molecule has 0 bridgehead atoms. The Bertz CT molecular complexity index is 616. The number of likely N-dealkylation sites (N-methyl/N-ethyl adjacent to an activating group) is 1. The van der Waals surface area contributed by atoms with Crippen molar-refractivity contribution in [3.63, 3.8) is 0 Å². The lowest BCUT2D eigenvalue weighted by Gasteiger charge is -2.16. The summed E-state index contributed by atoms with van der Waals surface area (Å²) in [6.07, 6.45) is 1.17. The number of hydrogen-bond donors (Lipinski definition) is 1. The normalized spacial score (nSPS) is 15.1. The standard InChI is InChI=1S/C19H24N2/c1-14-4-7-17(8-5-14)15(2)20-13-16-6-9-19-18(12-16)10-11-21(19)3/h4-9,12,15,20H,10-11,13H2,1-3H3/t15-/m1/s1. The number of benzene rings is 2. The third-order valence-electron chi connectivity index (χ3n) is 4.46. The summed E-state index contributed by atoms with van der Waals surface area (Å²) in [6.45, 7) is 6.42. The van der Waals surface area contributed by atoms with Gasteiger partial charge >= 0.3 is 0 Å². The molecule has 0 amide bonds. The van der Waals surface area contributed by atoms with Gasteiger partial charge in [-0.3, -0.25) is 0 Å². The molecule has 0 spiro atoms. The van der Waals surface area contributed by atoms with Crippen LogP contribution in [0.15, 0.2) is 42.5 Å². The molecule has 1 aliphatic heterocycles. The molecule has 0 aromatic heterocycles. The summed E-state index contributed by atoms with van der Waals surface area (Å²) in [7, 11) is 2.17. The smallest absolute Gasteiger partial charge is 0.0397 e. The van der Waals surface area contributed by atoms with Gasteiger partial charge in [0.25, 0.3) is 0 Å². The molecule has 110 valence electrons. The topological polar surface area (TPSA) is 15.3 Å². The van der Waals surface area contributed by atoms with Gasteiger partial charge in [0.05, 0.1) is 0 Å². The van der Waals surface area contributed by atoms with E-state index in [-0.39, 0.29) is 0 Å². The van der Waals surface area contributed by atoms with E-state index in [2.05, 4.69) is 73.6 Å². The second-order valence-corrected chi connectivity index (χ2v) is 6.15. The van der Waals surface area contributed by atoms with Crippen LogP contribution in [0.4, 0.5) is 5.69 Å². The van der Waals surface area contributed by atoms with Gasteiger partial charge in [-0.2, -0.15) is 0 Å². The molecule has 2 heteroatoms. The lowest BCUT2D eigenvalue weighted by atomic mass is 10.1. The van der Waals surface area contributed by atoms with E-state index < -0.39 is 0 Å². The Morgan fingerprint density at radius 3 is 2.67 bits per heavy atom. The quantitative estimate of drug-likeness (QED) is 0.915. The maximum Gasteiger partial charge on any atom is 0.0397 e. The van der Waals surface area contributed by atoms with Crippen LogP contribution >= 0.6 is 0 Å². The molecule has 0 fully saturated rings. The van der Waals surface area contributed by atoms with Gasteiger partial charge in [0.15, 0.2) is 0 Å². The van der Waals surface area contributed by atoms with E-state index in [0.717, 1.165) is 13.1 Å². The van der Waals surface area contributed by atoms with E-state index in [0.29, 0.717) is 6.04 Å². The highest BCUT2D eigenvalue weighted by atomic mass is 15.1. The number of nitrogens with one attached hydrogen (secondary N) is 1. The van der Waals surface area contributed by atoms with Crippen molar-refractivity contribution in [2.75, 3.05) is 18.5 Å². The molecule has 1 aliphatic rings. The molecule has 3 rings (SSSR count). The third-order valence-corrected chi connectivity index (χ3v) is 4.46. The van der Waals surface area contributed by atoms with Crippen molar-refractivity contribution in [3.8, 4) is 0 Å². The molecule has 0 saturated heterocycles. The summed E-state index contributed by atoms with van der Waals surface area (Å²) in [4.78, 5) is 2.33. The van der Waals surface area contributed by atoms with Gasteiger partial charge in [0.2, 0.25) is 0 Å². The molecule has 21 heavy (non-hydrogen) atoms. The van der Waals surface area contributed by atoms with Crippen molar-refractivity contribution in [2.45, 2.75) is 32.9 Å². The number of nitrogens with zero attached hydrogens (tertiary/aromatic N) is 1. The van der Waals surface area contributed by atoms with Crippen LogP contribution in [0.3, 0.4) is 0 Å². The molecule has 2 aromatic carbocycles. The molecule has 2 aromatic rings. The zero-order chi connectivity index (χ0) is 14.8. The zero-order valence-electron chi connectivity index (χ0n) is 13.2. The van der Waals surface area contributed by atoms with Crippen molar-refractivity contribution in [2.24, 2.45) is 0 Å². The molecule has 2 nitrogen and oxygen atoms in total. The molecule has 1 heterocycles. The maximum absolute atomic E-state index is 3.62. The summed E-state index contributed by atoms with van der Waals surface area (Å²) < 4.78 is 0. The van der Waals surface area contributed by atoms with Crippen molar-refractivity contribution >= 4 is 5.69 Å². The van der Waals surface area contributed by atoms with Gasteiger partial charge in [0.1, 0.15) is 0 Å². The van der Waals surface area contributed by atoms with Crippen LogP contribution in [0.2, 0.25) is 0 Å². The number of fused-ring (bicyclic) bond motifs is 1. The predicted octanol–water partition coefficient (Wildman–Crippen LogP) is 3.84. The van der Waals surface area contributed by atoms with Crippen LogP contribution in [0, 0.1) is 6.92 Å². The van der Waals surface area contributed by atoms with Crippen molar-refractivity contribution in [1.29, 1.82) is 0 Å². The van der Waals surface area contributed by atoms with Gasteiger partial charge in [-0.1, -0.05) is 42.0 Å². The van der Waals surface area contributed by atoms with E-state index in [1.54, 1.807) is 0 Å². The second-order valence-electron chi connectivity index (χ2n) is 6.15. The summed E-state index contributed by atoms with van der Waals surface area (Å²) in [5.41, 5.74) is 6.92. The van der Waals surface area contributed by atoms with Crippen molar-refractivity contribution < 1.29 is 0 Å². The van der Waals surface area contributed by atoms with E-state index in [1.165, 1.54) is 34.4 Å². The molecular weight excluding hydrogens is 256 g/mol. The summed E-state index contributed by atoms with van der Waals surface area (Å²) in [5.74, 6) is 0. The minimum absolute atomic E-state index is 0.376. The fraction of sp³-hybridized carbons (Fsp3) is 0.368. The number of hydrogen-bond acceptors (Lipinski definition) is 2. The van der Waals surface area contributed by atoms with Crippen LogP contribution in [0.5, 0.6) is 0 Å². The Balaban J connectivity index is 1.64. The lowest BCUT2D eigenvalue weighted by molar-refractivity contribution is 0.574. The highest BCUT2D eigenvalue weighted by Crippen LogP contribution is 2.27. The second kappa shape index (κ2) is 5.90. The number of rotatable bonds is 4. The fourth-order valence-corrected chi connectivity index (χ4v) is 2.97. The highest BCUT2D eigenvalue weighted by molar-refractivity contribution is 5.58. The first-order valence-corrected chi connectivity index (χ1v) is 7.76. The van der Waals surface area contributed by atoms with Gasteiger partial charge in [-0.25, -0.2) is 0 Å². The Morgan fingerprint density at radius 1 is 1.14 bits per heavy atom. The first-order valence-electron chi connectivity index (χ1n) is 7.76. The maximum atomic E-state index is 3.62. The van der Waals surface area contributed by atoms with Crippen LogP contribution in [-0.2, 0) is 13.0 Å². The minimum atomic E-state index is 0.376. The highest BCUT2D eigenvalue weighted by Gasteiger charge is 2.15. The van der Waals surface area contributed by atoms with Crippen LogP contribution in [0.1, 0.15) is 35.2 Å². The molecule has 1 atom stereocenters. The molecule has 0 saturated carbocycles. The van der Waals surface area contributed by atoms with Gasteiger partial charge < -0.3 is 10.2 Å². The summed E-state index contributed by atoms with van der Waals surface area (Å²) >= 11 is 0. The van der Waals surface area contributed by atoms with Crippen LogP contribution < -0.4 is 10.2 Å². The monoisotopic (exact) mass is 280 g/mol. The first-order chi connectivity index (χ1) is 10.1. The summed E-state index contributed by atoms with van der Waals surface area (Å²) in [5, 5.41) is 3.62. The van der Waals surface area contributed by atoms with Gasteiger partial charge in [0, 0.05) is 31.9 Å². The lowest BCUT2D eigenvalue weighted by Crippen LogP contribution is -2.18. The van der Waals surface area contributed by atoms with Gasteiger partial charge in [-0.15, -0.1) is 0 Å². The molecule has 1 N–H and O–H groups in total. The van der Waals surface area contributed by atoms with Gasteiger partial charge in [-0.05, 0) is 43.0 Å². The molecule has 0 unspecified atom stereocenters. The Morgan fingerprint density at radius 2 is 1.90 bits per heavy atom. The first kappa shape index (κ1) is 14.2. The molecule has 0 aliphatic carbocycles. The Kier molecular flexibility index (Phi) is 3.98. The van der Waals surface area contributed by atoms with Crippen molar-refractivity contribution in [1.82, 2.24) is 5.32 Å². The van der Waals surface area contributed by atoms with Crippen LogP contribution in [-0.4, -0.2) is 13.6 Å². The largest absolute Gasteiger partial charge is 0.374 e. The Labute approximate surface area is 127 Å². The third kappa shape index (κ3) is 3.11. The minimum Gasteiger partial charge on any atom is -0.374 e. The predicted molar refractivity (Wildman–Crippen MR) is 89.8 cm³/mol. The molecular formula is C19H24N2. The zero-order valence-corrected chi connectivity index (χ0v) is 13.2. The number of aryl methyl sites for hydroxylation is 1. The summed E-state index contributed by atoms with van der Waals surface area (Å²) in [6, 6.07) is 16.0. The Hall–Kier alpha value is -1.80. The van der Waals surface area contributed by atoms with E-state index in [9.17, 15) is 0 Å². The number of anilines is 1. The molecule has 0 radical (unpaired) electrons. The fourth-order valence-electron chi connectivity index (χ4n) is 2.97. The average molecular weight is 280 g/mol. The average Bonchev–Trinajstić information content (AvgIpc) is 2.86. The van der Waals surface area contributed by atoms with E-state index >= 15 is 0 Å². The van der Waals surface area contributed by atoms with Crippen molar-refractivity contribution in [3.05, 3.63) is 64.7 Å². The van der Waals surface area contributed by atoms with E-state index in [1.807, 2.05) is 0 Å². The van der Waals surface area contributed by atoms with Crippen LogP contribution in [0.25, 0.3) is 0 Å².